The minimum atomic E-state index is -4.46. The summed E-state index contributed by atoms with van der Waals surface area (Å²) in [6.07, 6.45) is -2.83. The van der Waals surface area contributed by atoms with E-state index in [0.717, 1.165) is 23.3 Å². The number of nitrogens with zero attached hydrogens (tertiary/aromatic N) is 1. The number of alkyl halides is 3. The Morgan fingerprint density at radius 3 is 1.91 bits per heavy atom. The standard InChI is InChI=1S/C35H28F3N3O4/c1-21-30(40-32(42)29-7-5-4-6-28(29)24-12-16-26(17-13-24)35(36,37)38)20-41(2)31(21)33(43)39-27-18-14-23(15-19-27)22-8-10-25(11-9-22)34(44)45-3/h4-20H,1-3H3,(H,39,43)(H,40,42). The van der Waals surface area contributed by atoms with Gasteiger partial charge in [0.1, 0.15) is 5.69 Å². The Hall–Kier alpha value is -5.64. The number of rotatable bonds is 7. The van der Waals surface area contributed by atoms with Gasteiger partial charge in [-0.25, -0.2) is 4.79 Å². The lowest BCUT2D eigenvalue weighted by Crippen LogP contribution is -2.17. The molecule has 5 aromatic rings. The van der Waals surface area contributed by atoms with Crippen molar-refractivity contribution in [1.29, 1.82) is 0 Å². The Kier molecular flexibility index (Phi) is 8.58. The van der Waals surface area contributed by atoms with Crippen LogP contribution in [0.25, 0.3) is 22.3 Å². The third-order valence-corrected chi connectivity index (χ3v) is 7.37. The summed E-state index contributed by atoms with van der Waals surface area (Å²) in [5.74, 6) is -1.27. The molecule has 0 radical (unpaired) electrons. The lowest BCUT2D eigenvalue weighted by Gasteiger charge is -2.12. The summed E-state index contributed by atoms with van der Waals surface area (Å²) >= 11 is 0. The van der Waals surface area contributed by atoms with Crippen LogP contribution in [-0.4, -0.2) is 29.5 Å². The number of aryl methyl sites for hydroxylation is 1. The van der Waals surface area contributed by atoms with Gasteiger partial charge < -0.3 is 19.9 Å². The molecule has 45 heavy (non-hydrogen) atoms. The summed E-state index contributed by atoms with van der Waals surface area (Å²) in [7, 11) is 3.02. The quantitative estimate of drug-likeness (QED) is 0.183. The zero-order valence-corrected chi connectivity index (χ0v) is 24.5. The summed E-state index contributed by atoms with van der Waals surface area (Å²) in [6, 6.07) is 25.4. The molecule has 0 atom stereocenters. The van der Waals surface area contributed by atoms with E-state index in [1.54, 1.807) is 73.3 Å². The van der Waals surface area contributed by atoms with Gasteiger partial charge in [-0.2, -0.15) is 13.2 Å². The van der Waals surface area contributed by atoms with E-state index in [4.69, 9.17) is 4.74 Å². The summed E-state index contributed by atoms with van der Waals surface area (Å²) in [5.41, 5.74) is 4.50. The number of benzene rings is 4. The normalized spacial score (nSPS) is 11.2. The van der Waals surface area contributed by atoms with E-state index in [9.17, 15) is 27.6 Å². The lowest BCUT2D eigenvalue weighted by molar-refractivity contribution is -0.137. The van der Waals surface area contributed by atoms with Crippen molar-refractivity contribution in [2.75, 3.05) is 17.7 Å². The number of nitrogens with one attached hydrogen (secondary N) is 2. The third-order valence-electron chi connectivity index (χ3n) is 7.37. The molecule has 0 spiro atoms. The van der Waals surface area contributed by atoms with Crippen LogP contribution in [0.2, 0.25) is 0 Å². The summed E-state index contributed by atoms with van der Waals surface area (Å²) < 4.78 is 45.5. The highest BCUT2D eigenvalue weighted by Crippen LogP contribution is 2.32. The zero-order chi connectivity index (χ0) is 32.3. The minimum Gasteiger partial charge on any atom is -0.465 e. The molecule has 0 unspecified atom stereocenters. The van der Waals surface area contributed by atoms with E-state index >= 15 is 0 Å². The van der Waals surface area contributed by atoms with E-state index in [-0.39, 0.29) is 11.5 Å². The average Bonchev–Trinajstić information content (AvgIpc) is 3.32. The Balaban J connectivity index is 1.30. The number of aromatic nitrogens is 1. The Morgan fingerprint density at radius 2 is 1.31 bits per heavy atom. The smallest absolute Gasteiger partial charge is 0.416 e. The van der Waals surface area contributed by atoms with Crippen molar-refractivity contribution in [3.63, 3.8) is 0 Å². The summed E-state index contributed by atoms with van der Waals surface area (Å²) in [4.78, 5) is 38.3. The molecule has 0 saturated heterocycles. The summed E-state index contributed by atoms with van der Waals surface area (Å²) in [5, 5.41) is 5.72. The van der Waals surface area contributed by atoms with E-state index in [1.807, 2.05) is 24.3 Å². The topological polar surface area (TPSA) is 89.4 Å². The lowest BCUT2D eigenvalue weighted by atomic mass is 9.98. The molecule has 2 N–H and O–H groups in total. The van der Waals surface area contributed by atoms with Gasteiger partial charge in [-0.1, -0.05) is 54.6 Å². The van der Waals surface area contributed by atoms with Crippen molar-refractivity contribution in [3.8, 4) is 22.3 Å². The van der Waals surface area contributed by atoms with Crippen molar-refractivity contribution in [2.24, 2.45) is 7.05 Å². The predicted octanol–water partition coefficient (Wildman–Crippen LogP) is 7.98. The Morgan fingerprint density at radius 1 is 0.733 bits per heavy atom. The number of hydrogen-bond donors (Lipinski definition) is 2. The molecule has 0 saturated carbocycles. The fourth-order valence-electron chi connectivity index (χ4n) is 5.02. The molecule has 10 heteroatoms. The second-order valence-corrected chi connectivity index (χ2v) is 10.3. The first-order valence-corrected chi connectivity index (χ1v) is 13.8. The van der Waals surface area contributed by atoms with Crippen molar-refractivity contribution in [2.45, 2.75) is 13.1 Å². The van der Waals surface area contributed by atoms with Crippen molar-refractivity contribution < 1.29 is 32.3 Å². The molecule has 5 rings (SSSR count). The highest BCUT2D eigenvalue weighted by Gasteiger charge is 2.30. The number of halogens is 3. The van der Waals surface area contributed by atoms with Crippen LogP contribution in [0.1, 0.15) is 42.3 Å². The molecule has 7 nitrogen and oxygen atoms in total. The fourth-order valence-corrected chi connectivity index (χ4v) is 5.02. The van der Waals surface area contributed by atoms with Crippen molar-refractivity contribution in [3.05, 3.63) is 131 Å². The van der Waals surface area contributed by atoms with Crippen LogP contribution in [0.3, 0.4) is 0 Å². The van der Waals surface area contributed by atoms with Gasteiger partial charge in [0.15, 0.2) is 0 Å². The van der Waals surface area contributed by atoms with Gasteiger partial charge in [0, 0.05) is 30.1 Å². The highest BCUT2D eigenvalue weighted by molar-refractivity contribution is 6.11. The monoisotopic (exact) mass is 611 g/mol. The van der Waals surface area contributed by atoms with E-state index in [2.05, 4.69) is 10.6 Å². The van der Waals surface area contributed by atoms with Crippen LogP contribution < -0.4 is 10.6 Å². The minimum absolute atomic E-state index is 0.270. The predicted molar refractivity (Wildman–Crippen MR) is 166 cm³/mol. The Bertz CT molecular complexity index is 1880. The van der Waals surface area contributed by atoms with Crippen molar-refractivity contribution >= 4 is 29.2 Å². The Labute approximate surface area is 257 Å². The van der Waals surface area contributed by atoms with Crippen LogP contribution in [0, 0.1) is 6.92 Å². The molecule has 0 fully saturated rings. The van der Waals surface area contributed by atoms with Gasteiger partial charge in [0.2, 0.25) is 0 Å². The molecular formula is C35H28F3N3O4. The van der Waals surface area contributed by atoms with Gasteiger partial charge in [-0.3, -0.25) is 9.59 Å². The molecule has 0 bridgehead atoms. The maximum absolute atomic E-state index is 13.4. The average molecular weight is 612 g/mol. The maximum atomic E-state index is 13.4. The molecule has 228 valence electrons. The number of esters is 1. The molecule has 0 aliphatic heterocycles. The van der Waals surface area contributed by atoms with Crippen LogP contribution in [-0.2, 0) is 18.0 Å². The number of carbonyl (C=O) groups is 3. The molecule has 1 heterocycles. The third kappa shape index (κ3) is 6.65. The molecule has 0 aliphatic carbocycles. The number of anilines is 2. The molecule has 2 amide bonds. The molecule has 0 aliphatic rings. The largest absolute Gasteiger partial charge is 0.465 e. The second-order valence-electron chi connectivity index (χ2n) is 10.3. The first-order chi connectivity index (χ1) is 21.5. The van der Waals surface area contributed by atoms with Crippen LogP contribution in [0.4, 0.5) is 24.5 Å². The van der Waals surface area contributed by atoms with E-state index in [1.165, 1.54) is 19.2 Å². The van der Waals surface area contributed by atoms with Gasteiger partial charge in [0.05, 0.1) is 23.9 Å². The number of ether oxygens (including phenoxy) is 1. The first-order valence-electron chi connectivity index (χ1n) is 13.8. The van der Waals surface area contributed by atoms with Crippen molar-refractivity contribution in [1.82, 2.24) is 4.57 Å². The van der Waals surface area contributed by atoms with Crippen LogP contribution in [0.5, 0.6) is 0 Å². The number of carbonyl (C=O) groups excluding carboxylic acids is 3. The highest BCUT2D eigenvalue weighted by atomic mass is 19.4. The zero-order valence-electron chi connectivity index (χ0n) is 24.5. The SMILES string of the molecule is COC(=O)c1ccc(-c2ccc(NC(=O)c3c(C)c(NC(=O)c4ccccc4-c4ccc(C(F)(F)F)cc4)cn3C)cc2)cc1. The number of hydrogen-bond acceptors (Lipinski definition) is 4. The van der Waals surface area contributed by atoms with Crippen LogP contribution >= 0.6 is 0 Å². The number of amides is 2. The maximum Gasteiger partial charge on any atom is 0.416 e. The van der Waals surface area contributed by atoms with E-state index in [0.29, 0.717) is 39.3 Å². The fraction of sp³-hybridized carbons (Fsp3) is 0.114. The van der Waals surface area contributed by atoms with Gasteiger partial charge >= 0.3 is 12.1 Å². The molecule has 4 aromatic carbocycles. The van der Waals surface area contributed by atoms with E-state index < -0.39 is 23.6 Å². The number of methoxy groups -OCH3 is 1. The van der Waals surface area contributed by atoms with Gasteiger partial charge in [-0.15, -0.1) is 0 Å². The van der Waals surface area contributed by atoms with Crippen LogP contribution in [0.15, 0.2) is 103 Å². The second kappa shape index (κ2) is 12.5. The summed E-state index contributed by atoms with van der Waals surface area (Å²) in [6.45, 7) is 1.72. The van der Waals surface area contributed by atoms with Gasteiger partial charge in [-0.05, 0) is 71.6 Å². The first kappa shape index (κ1) is 30.8. The molecular weight excluding hydrogens is 583 g/mol. The van der Waals surface area contributed by atoms with Gasteiger partial charge in [0.25, 0.3) is 11.8 Å². The molecule has 1 aromatic heterocycles.